The van der Waals surface area contributed by atoms with Crippen LogP contribution in [0.1, 0.15) is 12.5 Å². The Kier molecular flexibility index (Phi) is 3.34. The summed E-state index contributed by atoms with van der Waals surface area (Å²) >= 11 is 0. The Bertz CT molecular complexity index is 973. The maximum atomic E-state index is 12.0. The molecule has 0 bridgehead atoms. The van der Waals surface area contributed by atoms with Crippen molar-refractivity contribution in [3.05, 3.63) is 58.4 Å². The number of hydrogen-bond acceptors (Lipinski definition) is 3. The van der Waals surface area contributed by atoms with Crippen LogP contribution in [0.3, 0.4) is 0 Å². The highest BCUT2D eigenvalue weighted by atomic mass is 16.4. The van der Waals surface area contributed by atoms with E-state index in [1.807, 2.05) is 30.3 Å². The fraction of sp³-hybridized carbons (Fsp3) is 0.0625. The monoisotopic (exact) mass is 296 g/mol. The average molecular weight is 296 g/mol. The van der Waals surface area contributed by atoms with Crippen LogP contribution in [0.2, 0.25) is 0 Å². The standard InChI is InChI=1S/C16H13N3O3/c1-9(20)18-19-15(17)13-8-12-11-5-3-2-4-10(11)6-7-14(12)22-16(13)21/h2-8H,1H3,(H2,17,19)(H,18,20)/p+1. The number of amides is 1. The van der Waals surface area contributed by atoms with Gasteiger partial charge in [0, 0.05) is 12.3 Å². The van der Waals surface area contributed by atoms with E-state index < -0.39 is 5.63 Å². The van der Waals surface area contributed by atoms with Gasteiger partial charge in [0.2, 0.25) is 0 Å². The van der Waals surface area contributed by atoms with Crippen LogP contribution in [-0.4, -0.2) is 11.7 Å². The largest absolute Gasteiger partial charge is 0.422 e. The van der Waals surface area contributed by atoms with E-state index in [-0.39, 0.29) is 17.3 Å². The Morgan fingerprint density at radius 2 is 1.95 bits per heavy atom. The molecule has 3 rings (SSSR count). The zero-order valence-electron chi connectivity index (χ0n) is 11.8. The van der Waals surface area contributed by atoms with Crippen molar-refractivity contribution in [2.45, 2.75) is 6.92 Å². The summed E-state index contributed by atoms with van der Waals surface area (Å²) in [5.74, 6) is -0.294. The van der Waals surface area contributed by atoms with Gasteiger partial charge in [-0.1, -0.05) is 30.3 Å². The first-order chi connectivity index (χ1) is 10.6. The molecule has 2 aromatic carbocycles. The van der Waals surface area contributed by atoms with E-state index >= 15 is 0 Å². The lowest BCUT2D eigenvalue weighted by atomic mass is 10.0. The summed E-state index contributed by atoms with van der Waals surface area (Å²) < 4.78 is 5.32. The van der Waals surface area contributed by atoms with Crippen LogP contribution in [0.25, 0.3) is 21.7 Å². The summed E-state index contributed by atoms with van der Waals surface area (Å²) in [6.45, 7) is 1.33. The zero-order valence-corrected chi connectivity index (χ0v) is 11.8. The van der Waals surface area contributed by atoms with Gasteiger partial charge in [-0.05, 0) is 22.9 Å². The molecular weight excluding hydrogens is 282 g/mol. The third-order valence-corrected chi connectivity index (χ3v) is 3.31. The van der Waals surface area contributed by atoms with Crippen LogP contribution >= 0.6 is 0 Å². The minimum Gasteiger partial charge on any atom is -0.422 e. The molecule has 3 aromatic rings. The Hall–Kier alpha value is -3.15. The smallest absolute Gasteiger partial charge is 0.352 e. The summed E-state index contributed by atoms with van der Waals surface area (Å²) in [5.41, 5.74) is 8.21. The molecular formula is C16H14N3O3+. The molecule has 0 saturated heterocycles. The van der Waals surface area contributed by atoms with Gasteiger partial charge >= 0.3 is 11.5 Å². The third-order valence-electron chi connectivity index (χ3n) is 3.31. The minimum absolute atomic E-state index is 0.0267. The van der Waals surface area contributed by atoms with Gasteiger partial charge in [-0.25, -0.2) is 4.79 Å². The van der Waals surface area contributed by atoms with E-state index in [1.54, 1.807) is 12.1 Å². The quantitative estimate of drug-likeness (QED) is 0.200. The number of hydrazone groups is 1. The molecule has 110 valence electrons. The van der Waals surface area contributed by atoms with E-state index in [0.29, 0.717) is 5.58 Å². The summed E-state index contributed by atoms with van der Waals surface area (Å²) in [5, 5.41) is 5.25. The van der Waals surface area contributed by atoms with E-state index in [0.717, 1.165) is 16.2 Å². The Labute approximate surface area is 125 Å². The highest BCUT2D eigenvalue weighted by Crippen LogP contribution is 2.24. The third kappa shape index (κ3) is 2.42. The maximum Gasteiger partial charge on any atom is 0.352 e. The number of hydrogen-bond donors (Lipinski definition) is 3. The van der Waals surface area contributed by atoms with E-state index in [1.165, 1.54) is 6.92 Å². The van der Waals surface area contributed by atoms with Crippen LogP contribution in [-0.2, 0) is 4.79 Å². The number of amidine groups is 1. The molecule has 1 heterocycles. The van der Waals surface area contributed by atoms with Crippen molar-refractivity contribution in [3.8, 4) is 0 Å². The minimum atomic E-state index is -0.571. The Balaban J connectivity index is 2.26. The lowest BCUT2D eigenvalue weighted by molar-refractivity contribution is -0.511. The number of carbonyl (C=O) groups is 1. The molecule has 0 atom stereocenters. The molecule has 0 saturated carbocycles. The fourth-order valence-electron chi connectivity index (χ4n) is 2.28. The van der Waals surface area contributed by atoms with E-state index in [9.17, 15) is 9.59 Å². The highest BCUT2D eigenvalue weighted by molar-refractivity contribution is 6.07. The second kappa shape index (κ2) is 5.33. The molecule has 6 heteroatoms. The Morgan fingerprint density at radius 3 is 2.73 bits per heavy atom. The summed E-state index contributed by atoms with van der Waals surface area (Å²) in [4.78, 5) is 22.9. The molecule has 22 heavy (non-hydrogen) atoms. The number of carbonyl (C=O) groups excluding carboxylic acids is 1. The normalized spacial score (nSPS) is 11.8. The number of nitrogen functional groups attached to an aromatic ring is 1. The number of hydrazine groups is 1. The van der Waals surface area contributed by atoms with Crippen LogP contribution < -0.4 is 21.9 Å². The van der Waals surface area contributed by atoms with Crippen molar-refractivity contribution < 1.29 is 14.3 Å². The van der Waals surface area contributed by atoms with Crippen LogP contribution in [0.4, 0.5) is 0 Å². The second-order valence-electron chi connectivity index (χ2n) is 4.87. The topological polar surface area (TPSA) is 99.3 Å². The van der Waals surface area contributed by atoms with Gasteiger partial charge in [0.05, 0.1) is 0 Å². The van der Waals surface area contributed by atoms with Crippen molar-refractivity contribution in [3.63, 3.8) is 0 Å². The first kappa shape index (κ1) is 13.8. The first-order valence-electron chi connectivity index (χ1n) is 6.67. The van der Waals surface area contributed by atoms with Crippen molar-refractivity contribution >= 4 is 33.5 Å². The van der Waals surface area contributed by atoms with Crippen LogP contribution in [0, 0.1) is 0 Å². The lowest BCUT2D eigenvalue weighted by Crippen LogP contribution is -2.86. The Morgan fingerprint density at radius 1 is 1.18 bits per heavy atom. The predicted molar refractivity (Wildman–Crippen MR) is 83.1 cm³/mol. The molecule has 1 amide bonds. The van der Waals surface area contributed by atoms with Crippen LogP contribution in [0.5, 0.6) is 0 Å². The van der Waals surface area contributed by atoms with Crippen molar-refractivity contribution in [1.82, 2.24) is 5.43 Å². The number of nitrogens with one attached hydrogen (secondary N) is 2. The molecule has 1 aromatic heterocycles. The average Bonchev–Trinajstić information content (AvgIpc) is 2.51. The second-order valence-corrected chi connectivity index (χ2v) is 4.87. The number of nitrogens with two attached hydrogens (primary N) is 1. The first-order valence-corrected chi connectivity index (χ1v) is 6.67. The van der Waals surface area contributed by atoms with Gasteiger partial charge in [0.1, 0.15) is 5.58 Å². The van der Waals surface area contributed by atoms with Gasteiger partial charge in [0.15, 0.2) is 5.56 Å². The van der Waals surface area contributed by atoms with Crippen LogP contribution in [0.15, 0.2) is 51.7 Å². The maximum absolute atomic E-state index is 12.0. The molecule has 0 spiro atoms. The summed E-state index contributed by atoms with van der Waals surface area (Å²) in [7, 11) is 0. The molecule has 6 nitrogen and oxygen atoms in total. The molecule has 0 unspecified atom stereocenters. The van der Waals surface area contributed by atoms with Gasteiger partial charge < -0.3 is 4.42 Å². The summed E-state index contributed by atoms with van der Waals surface area (Å²) in [6, 6.07) is 13.1. The number of benzene rings is 2. The molecule has 0 aliphatic carbocycles. The predicted octanol–water partition coefficient (Wildman–Crippen LogP) is -0.217. The van der Waals surface area contributed by atoms with Gasteiger partial charge in [-0.15, -0.1) is 0 Å². The zero-order chi connectivity index (χ0) is 15.7. The van der Waals surface area contributed by atoms with Gasteiger partial charge in [-0.3, -0.25) is 10.5 Å². The fourth-order valence-corrected chi connectivity index (χ4v) is 2.28. The molecule has 0 aliphatic heterocycles. The van der Waals surface area contributed by atoms with Crippen molar-refractivity contribution in [1.29, 1.82) is 0 Å². The van der Waals surface area contributed by atoms with Gasteiger partial charge in [0.25, 0.3) is 5.91 Å². The molecule has 4 N–H and O–H groups in total. The highest BCUT2D eigenvalue weighted by Gasteiger charge is 2.15. The number of rotatable bonds is 2. The lowest BCUT2D eigenvalue weighted by Gasteiger charge is -2.03. The summed E-state index contributed by atoms with van der Waals surface area (Å²) in [6.07, 6.45) is 0. The van der Waals surface area contributed by atoms with E-state index in [4.69, 9.17) is 10.2 Å². The van der Waals surface area contributed by atoms with Gasteiger partial charge in [-0.2, -0.15) is 10.5 Å². The molecule has 0 fully saturated rings. The number of fused-ring (bicyclic) bond motifs is 3. The molecule has 0 radical (unpaired) electrons. The van der Waals surface area contributed by atoms with E-state index in [2.05, 4.69) is 10.5 Å². The SMILES string of the molecule is CC(=O)N[NH+]=C(N)c1cc2c(ccc3ccccc32)oc1=O. The van der Waals surface area contributed by atoms with Crippen molar-refractivity contribution in [2.24, 2.45) is 5.73 Å². The van der Waals surface area contributed by atoms with Crippen molar-refractivity contribution in [2.75, 3.05) is 0 Å². The molecule has 0 aliphatic rings.